The third-order valence-electron chi connectivity index (χ3n) is 8.15. The van der Waals surface area contributed by atoms with Crippen molar-refractivity contribution in [3.63, 3.8) is 0 Å². The van der Waals surface area contributed by atoms with Gasteiger partial charge in [0, 0.05) is 6.07 Å². The van der Waals surface area contributed by atoms with Crippen LogP contribution in [-0.4, -0.2) is 13.2 Å². The van der Waals surface area contributed by atoms with E-state index in [4.69, 9.17) is 9.47 Å². The lowest BCUT2D eigenvalue weighted by atomic mass is 9.69. The summed E-state index contributed by atoms with van der Waals surface area (Å²) in [6.07, 6.45) is 24.5. The Labute approximate surface area is 208 Å². The number of ether oxygens (including phenoxy) is 2. The van der Waals surface area contributed by atoms with Gasteiger partial charge in [-0.3, -0.25) is 0 Å². The predicted molar refractivity (Wildman–Crippen MR) is 141 cm³/mol. The number of halogens is 1. The molecule has 2 saturated carbocycles. The van der Waals surface area contributed by atoms with Crippen LogP contribution in [0.15, 0.2) is 30.4 Å². The van der Waals surface area contributed by atoms with E-state index < -0.39 is 0 Å². The molecule has 0 amide bonds. The van der Waals surface area contributed by atoms with Crippen molar-refractivity contribution in [3.8, 4) is 11.5 Å². The lowest BCUT2D eigenvalue weighted by molar-refractivity contribution is 0.127. The van der Waals surface area contributed by atoms with Gasteiger partial charge in [-0.1, -0.05) is 51.7 Å². The van der Waals surface area contributed by atoms with E-state index >= 15 is 0 Å². The molecule has 0 bridgehead atoms. The molecule has 34 heavy (non-hydrogen) atoms. The highest BCUT2D eigenvalue weighted by Gasteiger charge is 2.30. The average Bonchev–Trinajstić information content (AvgIpc) is 2.86. The molecule has 0 heterocycles. The minimum atomic E-state index is -0.311. The first-order valence-electron chi connectivity index (χ1n) is 14.4. The zero-order valence-corrected chi connectivity index (χ0v) is 21.9. The Morgan fingerprint density at radius 2 is 1.53 bits per heavy atom. The molecule has 1 aromatic rings. The molecule has 0 unspecified atom stereocenters. The summed E-state index contributed by atoms with van der Waals surface area (Å²) in [6, 6.07) is 5.00. The first kappa shape index (κ1) is 27.1. The summed E-state index contributed by atoms with van der Waals surface area (Å²) in [4.78, 5) is 0. The maximum absolute atomic E-state index is 14.4. The topological polar surface area (TPSA) is 18.5 Å². The molecular formula is C31H49FO2. The lowest BCUT2D eigenvalue weighted by Crippen LogP contribution is -2.27. The predicted octanol–water partition coefficient (Wildman–Crippen LogP) is 9.52. The second kappa shape index (κ2) is 15.5. The number of rotatable bonds is 14. The second-order valence-electron chi connectivity index (χ2n) is 10.8. The molecule has 0 aromatic heterocycles. The Bertz CT molecular complexity index is 699. The fraction of sp³-hybridized carbons (Fsp3) is 0.742. The summed E-state index contributed by atoms with van der Waals surface area (Å²) in [6.45, 7) is 5.67. The zero-order valence-electron chi connectivity index (χ0n) is 21.9. The molecule has 192 valence electrons. The van der Waals surface area contributed by atoms with Crippen molar-refractivity contribution in [2.24, 2.45) is 23.7 Å². The van der Waals surface area contributed by atoms with Gasteiger partial charge in [0.1, 0.15) is 5.75 Å². The lowest BCUT2D eigenvalue weighted by Gasteiger charge is -2.37. The van der Waals surface area contributed by atoms with Crippen molar-refractivity contribution in [1.82, 2.24) is 0 Å². The normalized spacial score (nSPS) is 25.5. The molecule has 3 rings (SSSR count). The van der Waals surface area contributed by atoms with Crippen LogP contribution in [0.2, 0.25) is 0 Å². The summed E-state index contributed by atoms with van der Waals surface area (Å²) in [5.41, 5.74) is 0. The minimum Gasteiger partial charge on any atom is -0.493 e. The number of unbranched alkanes of at least 4 members (excludes halogenated alkanes) is 5. The molecule has 0 aliphatic heterocycles. The van der Waals surface area contributed by atoms with Crippen LogP contribution in [0.3, 0.4) is 0 Å². The summed E-state index contributed by atoms with van der Waals surface area (Å²) in [7, 11) is 0. The van der Waals surface area contributed by atoms with Crippen LogP contribution in [0.4, 0.5) is 4.39 Å². The van der Waals surface area contributed by atoms with Crippen LogP contribution in [0.1, 0.15) is 110 Å². The highest BCUT2D eigenvalue weighted by molar-refractivity contribution is 5.33. The van der Waals surface area contributed by atoms with Crippen molar-refractivity contribution >= 4 is 0 Å². The highest BCUT2D eigenvalue weighted by Crippen LogP contribution is 2.41. The van der Waals surface area contributed by atoms with Gasteiger partial charge in [0.05, 0.1) is 13.2 Å². The molecule has 2 nitrogen and oxygen atoms in total. The SMILES string of the molecule is CCCCCC/C=C/C1CCC(C2CCC(COc3ccc(OCCCC)cc3F)CC2)CC1. The maximum Gasteiger partial charge on any atom is 0.168 e. The molecule has 0 saturated heterocycles. The molecular weight excluding hydrogens is 423 g/mol. The quantitative estimate of drug-likeness (QED) is 0.198. The summed E-state index contributed by atoms with van der Waals surface area (Å²) in [5, 5.41) is 0. The van der Waals surface area contributed by atoms with Gasteiger partial charge in [0.15, 0.2) is 11.6 Å². The number of hydrogen-bond acceptors (Lipinski definition) is 2. The monoisotopic (exact) mass is 472 g/mol. The van der Waals surface area contributed by atoms with E-state index in [9.17, 15) is 4.39 Å². The minimum absolute atomic E-state index is 0.311. The Morgan fingerprint density at radius 1 is 0.824 bits per heavy atom. The second-order valence-corrected chi connectivity index (χ2v) is 10.8. The van der Waals surface area contributed by atoms with Crippen LogP contribution >= 0.6 is 0 Å². The molecule has 0 radical (unpaired) electrons. The molecule has 0 atom stereocenters. The van der Waals surface area contributed by atoms with Crippen LogP contribution < -0.4 is 9.47 Å². The Hall–Kier alpha value is -1.51. The zero-order chi connectivity index (χ0) is 24.0. The van der Waals surface area contributed by atoms with Crippen LogP contribution in [0, 0.1) is 29.5 Å². The van der Waals surface area contributed by atoms with E-state index in [0.717, 1.165) is 30.6 Å². The van der Waals surface area contributed by atoms with Crippen LogP contribution in [0.25, 0.3) is 0 Å². The number of allylic oxidation sites excluding steroid dienone is 2. The Balaban J connectivity index is 1.30. The first-order valence-corrected chi connectivity index (χ1v) is 14.4. The van der Waals surface area contributed by atoms with E-state index in [0.29, 0.717) is 30.6 Å². The van der Waals surface area contributed by atoms with E-state index in [1.807, 2.05) is 6.07 Å². The Morgan fingerprint density at radius 3 is 2.21 bits per heavy atom. The Kier molecular flexibility index (Phi) is 12.3. The molecule has 2 aliphatic rings. The van der Waals surface area contributed by atoms with Crippen molar-refractivity contribution in [3.05, 3.63) is 36.2 Å². The third-order valence-corrected chi connectivity index (χ3v) is 8.15. The smallest absolute Gasteiger partial charge is 0.168 e. The average molecular weight is 473 g/mol. The molecule has 0 N–H and O–H groups in total. The van der Waals surface area contributed by atoms with E-state index in [-0.39, 0.29) is 5.82 Å². The van der Waals surface area contributed by atoms with Crippen molar-refractivity contribution in [2.45, 2.75) is 110 Å². The van der Waals surface area contributed by atoms with Gasteiger partial charge in [0.25, 0.3) is 0 Å². The molecule has 2 fully saturated rings. The van der Waals surface area contributed by atoms with Gasteiger partial charge in [-0.25, -0.2) is 4.39 Å². The third kappa shape index (κ3) is 9.27. The highest BCUT2D eigenvalue weighted by atomic mass is 19.1. The summed E-state index contributed by atoms with van der Waals surface area (Å²) >= 11 is 0. The van der Waals surface area contributed by atoms with Gasteiger partial charge < -0.3 is 9.47 Å². The van der Waals surface area contributed by atoms with Gasteiger partial charge in [-0.05, 0) is 106 Å². The number of hydrogen-bond donors (Lipinski definition) is 0. The van der Waals surface area contributed by atoms with Gasteiger partial charge in [-0.15, -0.1) is 0 Å². The van der Waals surface area contributed by atoms with Crippen LogP contribution in [0.5, 0.6) is 11.5 Å². The standard InChI is InChI=1S/C31H49FO2/c1-3-5-7-8-9-10-11-25-12-16-27(17-13-25)28-18-14-26(15-19-28)24-34-31-21-20-29(23-30(31)32)33-22-6-4-2/h10-11,20-21,23,25-28H,3-9,12-19,22,24H2,1-2H3/b11-10+. The molecule has 2 aliphatic carbocycles. The number of benzene rings is 1. The van der Waals surface area contributed by atoms with Gasteiger partial charge >= 0.3 is 0 Å². The van der Waals surface area contributed by atoms with Gasteiger partial charge in [0.2, 0.25) is 0 Å². The molecule has 3 heteroatoms. The van der Waals surface area contributed by atoms with Crippen LogP contribution in [-0.2, 0) is 0 Å². The largest absolute Gasteiger partial charge is 0.493 e. The fourth-order valence-corrected chi connectivity index (χ4v) is 5.84. The van der Waals surface area contributed by atoms with E-state index in [2.05, 4.69) is 26.0 Å². The molecule has 0 spiro atoms. The van der Waals surface area contributed by atoms with E-state index in [1.54, 1.807) is 6.07 Å². The maximum atomic E-state index is 14.4. The van der Waals surface area contributed by atoms with Crippen molar-refractivity contribution in [2.75, 3.05) is 13.2 Å². The summed E-state index contributed by atoms with van der Waals surface area (Å²) < 4.78 is 25.9. The first-order chi connectivity index (χ1) is 16.7. The fourth-order valence-electron chi connectivity index (χ4n) is 5.84. The molecule has 1 aromatic carbocycles. The van der Waals surface area contributed by atoms with Crippen molar-refractivity contribution < 1.29 is 13.9 Å². The van der Waals surface area contributed by atoms with Gasteiger partial charge in [-0.2, -0.15) is 0 Å². The van der Waals surface area contributed by atoms with Crippen molar-refractivity contribution in [1.29, 1.82) is 0 Å². The summed E-state index contributed by atoms with van der Waals surface area (Å²) in [5.74, 6) is 3.85. The van der Waals surface area contributed by atoms with E-state index in [1.165, 1.54) is 89.5 Å².